The highest BCUT2D eigenvalue weighted by Gasteiger charge is 2.24. The van der Waals surface area contributed by atoms with E-state index in [-0.39, 0.29) is 5.69 Å². The zero-order chi connectivity index (χ0) is 18.9. The number of hydrogen-bond acceptors (Lipinski definition) is 4. The molecule has 0 radical (unpaired) electrons. The van der Waals surface area contributed by atoms with Gasteiger partial charge in [-0.15, -0.1) is 0 Å². The number of sulfonamides is 1. The SMILES string of the molecule is NC(=O)c1cc(NS(=O)(=O)c2cc(C(=O)O)c(F)cc2Cl)ccc1F. The number of amides is 1. The highest BCUT2D eigenvalue weighted by atomic mass is 35.5. The van der Waals surface area contributed by atoms with Crippen LogP contribution in [0.2, 0.25) is 5.02 Å². The maximum Gasteiger partial charge on any atom is 0.338 e. The lowest BCUT2D eigenvalue weighted by Gasteiger charge is -2.11. The van der Waals surface area contributed by atoms with Gasteiger partial charge >= 0.3 is 5.97 Å². The molecule has 0 saturated heterocycles. The number of carboxylic acid groups (broad SMARTS) is 1. The second kappa shape index (κ2) is 6.65. The van der Waals surface area contributed by atoms with E-state index in [2.05, 4.69) is 0 Å². The van der Waals surface area contributed by atoms with Gasteiger partial charge in [-0.25, -0.2) is 22.0 Å². The average Bonchev–Trinajstić information content (AvgIpc) is 2.47. The molecule has 0 aromatic heterocycles. The first-order chi connectivity index (χ1) is 11.5. The zero-order valence-electron chi connectivity index (χ0n) is 12.1. The predicted molar refractivity (Wildman–Crippen MR) is 84.1 cm³/mol. The van der Waals surface area contributed by atoms with Gasteiger partial charge in [0.25, 0.3) is 15.9 Å². The van der Waals surface area contributed by atoms with Gasteiger partial charge in [0.1, 0.15) is 16.5 Å². The van der Waals surface area contributed by atoms with Crippen molar-refractivity contribution in [2.45, 2.75) is 4.90 Å². The number of halogens is 3. The van der Waals surface area contributed by atoms with Crippen molar-refractivity contribution in [1.29, 1.82) is 0 Å². The summed E-state index contributed by atoms with van der Waals surface area (Å²) >= 11 is 5.68. The highest BCUT2D eigenvalue weighted by molar-refractivity contribution is 7.92. The van der Waals surface area contributed by atoms with Crippen molar-refractivity contribution in [3.63, 3.8) is 0 Å². The third-order valence-corrected chi connectivity index (χ3v) is 4.87. The molecule has 0 saturated carbocycles. The summed E-state index contributed by atoms with van der Waals surface area (Å²) in [5, 5.41) is 8.31. The van der Waals surface area contributed by atoms with E-state index in [1.165, 1.54) is 0 Å². The monoisotopic (exact) mass is 390 g/mol. The second-order valence-electron chi connectivity index (χ2n) is 4.73. The number of rotatable bonds is 5. The normalized spacial score (nSPS) is 11.2. The molecule has 1 amide bonds. The zero-order valence-corrected chi connectivity index (χ0v) is 13.7. The molecular weight excluding hydrogens is 382 g/mol. The third kappa shape index (κ3) is 3.86. The summed E-state index contributed by atoms with van der Waals surface area (Å²) < 4.78 is 53.6. The topological polar surface area (TPSA) is 127 Å². The number of hydrogen-bond donors (Lipinski definition) is 3. The molecule has 0 aliphatic heterocycles. The Bertz CT molecular complexity index is 995. The Morgan fingerprint density at radius 1 is 1.08 bits per heavy atom. The van der Waals surface area contributed by atoms with E-state index in [0.717, 1.165) is 18.2 Å². The van der Waals surface area contributed by atoms with Crippen molar-refractivity contribution >= 4 is 39.2 Å². The van der Waals surface area contributed by atoms with Crippen molar-refractivity contribution in [1.82, 2.24) is 0 Å². The molecule has 0 spiro atoms. The van der Waals surface area contributed by atoms with Gasteiger partial charge in [0, 0.05) is 5.69 Å². The van der Waals surface area contributed by atoms with Crippen LogP contribution in [0.5, 0.6) is 0 Å². The highest BCUT2D eigenvalue weighted by Crippen LogP contribution is 2.27. The number of aromatic carboxylic acids is 1. The smallest absolute Gasteiger partial charge is 0.338 e. The lowest BCUT2D eigenvalue weighted by Crippen LogP contribution is -2.17. The first-order valence-corrected chi connectivity index (χ1v) is 8.23. The number of nitrogens with two attached hydrogens (primary N) is 1. The van der Waals surface area contributed by atoms with Crippen LogP contribution < -0.4 is 10.5 Å². The molecule has 2 rings (SSSR count). The number of carbonyl (C=O) groups is 2. The van der Waals surface area contributed by atoms with Crippen LogP contribution in [0.1, 0.15) is 20.7 Å². The summed E-state index contributed by atoms with van der Waals surface area (Å²) in [5.74, 6) is -4.98. The fraction of sp³-hybridized carbons (Fsp3) is 0. The Balaban J connectivity index is 2.50. The van der Waals surface area contributed by atoms with E-state index >= 15 is 0 Å². The quantitative estimate of drug-likeness (QED) is 0.721. The number of benzene rings is 2. The van der Waals surface area contributed by atoms with Gasteiger partial charge in [0.2, 0.25) is 0 Å². The lowest BCUT2D eigenvalue weighted by atomic mass is 10.2. The average molecular weight is 391 g/mol. The van der Waals surface area contributed by atoms with Crippen LogP contribution in [0.15, 0.2) is 35.2 Å². The summed E-state index contributed by atoms with van der Waals surface area (Å²) in [6, 6.07) is 3.76. The number of nitrogens with one attached hydrogen (secondary N) is 1. The molecule has 0 aliphatic rings. The van der Waals surface area contributed by atoms with E-state index in [1.807, 2.05) is 4.72 Å². The van der Waals surface area contributed by atoms with E-state index < -0.39 is 54.6 Å². The fourth-order valence-corrected chi connectivity index (χ4v) is 3.48. The molecule has 25 heavy (non-hydrogen) atoms. The molecule has 0 fully saturated rings. The van der Waals surface area contributed by atoms with Crippen molar-refractivity contribution in [2.24, 2.45) is 5.73 Å². The van der Waals surface area contributed by atoms with Gasteiger partial charge in [-0.2, -0.15) is 0 Å². The Morgan fingerprint density at radius 2 is 1.72 bits per heavy atom. The van der Waals surface area contributed by atoms with E-state index in [0.29, 0.717) is 12.1 Å². The second-order valence-corrected chi connectivity index (χ2v) is 6.79. The molecule has 0 heterocycles. The first kappa shape index (κ1) is 18.6. The summed E-state index contributed by atoms with van der Waals surface area (Å²) in [6.45, 7) is 0. The predicted octanol–water partition coefficient (Wildman–Crippen LogP) is 2.22. The Labute approximate surface area is 145 Å². The van der Waals surface area contributed by atoms with E-state index in [1.54, 1.807) is 0 Å². The molecular formula is C14H9ClF2N2O5S. The maximum atomic E-state index is 13.5. The van der Waals surface area contributed by atoms with Crippen molar-refractivity contribution in [3.8, 4) is 0 Å². The van der Waals surface area contributed by atoms with Crippen molar-refractivity contribution in [2.75, 3.05) is 4.72 Å². The van der Waals surface area contributed by atoms with Crippen LogP contribution in [0.3, 0.4) is 0 Å². The van der Waals surface area contributed by atoms with Crippen LogP contribution in [-0.4, -0.2) is 25.4 Å². The molecule has 11 heteroatoms. The first-order valence-electron chi connectivity index (χ1n) is 6.37. The van der Waals surface area contributed by atoms with E-state index in [4.69, 9.17) is 22.4 Å². The molecule has 0 aliphatic carbocycles. The van der Waals surface area contributed by atoms with Crippen LogP contribution in [0, 0.1) is 11.6 Å². The molecule has 132 valence electrons. The summed E-state index contributed by atoms with van der Waals surface area (Å²) in [6.07, 6.45) is 0. The standard InChI is InChI=1S/C14H9ClF2N2O5S/c15-9-5-11(17)8(14(21)22)4-12(9)25(23,24)19-6-1-2-10(16)7(3-6)13(18)20/h1-5,19H,(H2,18,20)(H,21,22). The van der Waals surface area contributed by atoms with Gasteiger partial charge in [0.15, 0.2) is 0 Å². The van der Waals surface area contributed by atoms with Gasteiger partial charge in [-0.05, 0) is 30.3 Å². The fourth-order valence-electron chi connectivity index (χ4n) is 1.89. The Hall–Kier alpha value is -2.72. The summed E-state index contributed by atoms with van der Waals surface area (Å²) in [5.41, 5.74) is 3.28. The third-order valence-electron chi connectivity index (χ3n) is 3.03. The number of primary amides is 1. The van der Waals surface area contributed by atoms with Gasteiger partial charge in [-0.3, -0.25) is 9.52 Å². The minimum atomic E-state index is -4.46. The minimum absolute atomic E-state index is 0.229. The van der Waals surface area contributed by atoms with Crippen LogP contribution in [-0.2, 0) is 10.0 Å². The molecule has 0 bridgehead atoms. The lowest BCUT2D eigenvalue weighted by molar-refractivity contribution is 0.0691. The number of anilines is 1. The van der Waals surface area contributed by atoms with E-state index in [9.17, 15) is 26.8 Å². The number of carbonyl (C=O) groups excluding carboxylic acids is 1. The summed E-state index contributed by atoms with van der Waals surface area (Å²) in [7, 11) is -4.46. The van der Waals surface area contributed by atoms with Crippen molar-refractivity contribution in [3.05, 3.63) is 58.1 Å². The molecule has 2 aromatic carbocycles. The van der Waals surface area contributed by atoms with Crippen LogP contribution >= 0.6 is 11.6 Å². The number of carboxylic acids is 1. The van der Waals surface area contributed by atoms with Gasteiger partial charge in [-0.1, -0.05) is 11.6 Å². The Kier molecular flexibility index (Phi) is 4.95. The minimum Gasteiger partial charge on any atom is -0.478 e. The molecule has 4 N–H and O–H groups in total. The molecule has 2 aromatic rings. The molecule has 0 unspecified atom stereocenters. The summed E-state index contributed by atoms with van der Waals surface area (Å²) in [4.78, 5) is 21.3. The molecule has 0 atom stereocenters. The van der Waals surface area contributed by atoms with Crippen LogP contribution in [0.4, 0.5) is 14.5 Å². The van der Waals surface area contributed by atoms with Gasteiger partial charge < -0.3 is 10.8 Å². The van der Waals surface area contributed by atoms with Crippen LogP contribution in [0.25, 0.3) is 0 Å². The maximum absolute atomic E-state index is 13.5. The largest absolute Gasteiger partial charge is 0.478 e. The van der Waals surface area contributed by atoms with Crippen molar-refractivity contribution < 1.29 is 31.9 Å². The van der Waals surface area contributed by atoms with Gasteiger partial charge in [0.05, 0.1) is 16.1 Å². The Morgan fingerprint density at radius 3 is 2.28 bits per heavy atom. The molecule has 7 nitrogen and oxygen atoms in total.